The van der Waals surface area contributed by atoms with Crippen molar-refractivity contribution >= 4 is 11.9 Å². The van der Waals surface area contributed by atoms with Gasteiger partial charge in [0.25, 0.3) is 0 Å². The largest absolute Gasteiger partial charge is 0.497 e. The molecule has 1 aliphatic carbocycles. The minimum absolute atomic E-state index is 0.0296. The van der Waals surface area contributed by atoms with Gasteiger partial charge in [0.2, 0.25) is 5.91 Å². The molecule has 2 N–H and O–H groups in total. The molecular formula is C23H27NO5. The third kappa shape index (κ3) is 4.70. The molecule has 0 heterocycles. The van der Waals surface area contributed by atoms with Crippen LogP contribution in [-0.4, -0.2) is 30.7 Å². The molecule has 1 atom stereocenters. The van der Waals surface area contributed by atoms with Gasteiger partial charge in [-0.05, 0) is 55.2 Å². The summed E-state index contributed by atoms with van der Waals surface area (Å²) < 4.78 is 10.5. The molecule has 6 heteroatoms. The first kappa shape index (κ1) is 20.7. The van der Waals surface area contributed by atoms with E-state index in [4.69, 9.17) is 14.6 Å². The van der Waals surface area contributed by atoms with E-state index in [2.05, 4.69) is 5.32 Å². The fraction of sp³-hybridized carbons (Fsp3) is 0.391. The molecule has 6 nitrogen and oxygen atoms in total. The highest BCUT2D eigenvalue weighted by Crippen LogP contribution is 2.42. The van der Waals surface area contributed by atoms with Crippen molar-refractivity contribution in [3.63, 3.8) is 0 Å². The van der Waals surface area contributed by atoms with Gasteiger partial charge < -0.3 is 19.9 Å². The van der Waals surface area contributed by atoms with Crippen LogP contribution in [-0.2, 0) is 15.0 Å². The van der Waals surface area contributed by atoms with Crippen LogP contribution in [0.1, 0.15) is 49.8 Å². The van der Waals surface area contributed by atoms with Crippen LogP contribution < -0.4 is 14.8 Å². The smallest absolute Gasteiger partial charge is 0.341 e. The number of rotatable bonds is 8. The van der Waals surface area contributed by atoms with Crippen molar-refractivity contribution in [2.45, 2.75) is 44.1 Å². The van der Waals surface area contributed by atoms with Crippen molar-refractivity contribution in [1.29, 1.82) is 0 Å². The monoisotopic (exact) mass is 397 g/mol. The molecule has 1 saturated carbocycles. The maximum Gasteiger partial charge on any atom is 0.341 e. The fourth-order valence-electron chi connectivity index (χ4n) is 3.96. The van der Waals surface area contributed by atoms with Gasteiger partial charge >= 0.3 is 5.97 Å². The average Bonchev–Trinajstić information content (AvgIpc) is 3.24. The Morgan fingerprint density at radius 3 is 2.41 bits per heavy atom. The number of carbonyl (C=O) groups is 2. The van der Waals surface area contributed by atoms with Crippen molar-refractivity contribution in [3.8, 4) is 11.5 Å². The third-order valence-electron chi connectivity index (χ3n) is 5.60. The zero-order valence-corrected chi connectivity index (χ0v) is 16.8. The highest BCUT2D eigenvalue weighted by atomic mass is 16.5. The molecule has 154 valence electrons. The van der Waals surface area contributed by atoms with E-state index in [1.165, 1.54) is 0 Å². The van der Waals surface area contributed by atoms with E-state index in [0.29, 0.717) is 5.75 Å². The molecule has 1 unspecified atom stereocenters. The number of carboxylic acids is 1. The lowest BCUT2D eigenvalue weighted by atomic mass is 9.77. The summed E-state index contributed by atoms with van der Waals surface area (Å²) in [4.78, 5) is 24.0. The van der Waals surface area contributed by atoms with Gasteiger partial charge in [-0.3, -0.25) is 4.79 Å². The van der Waals surface area contributed by atoms with E-state index in [-0.39, 0.29) is 18.6 Å². The van der Waals surface area contributed by atoms with E-state index in [9.17, 15) is 9.59 Å². The van der Waals surface area contributed by atoms with Crippen LogP contribution in [0.5, 0.6) is 11.5 Å². The minimum atomic E-state index is -1.02. The Morgan fingerprint density at radius 1 is 1.10 bits per heavy atom. The Kier molecular flexibility index (Phi) is 6.42. The number of carboxylic acid groups (broad SMARTS) is 1. The van der Waals surface area contributed by atoms with E-state index in [1.807, 2.05) is 43.3 Å². The number of hydrogen-bond donors (Lipinski definition) is 2. The second kappa shape index (κ2) is 8.99. The number of carbonyl (C=O) groups excluding carboxylic acids is 1. The molecule has 0 aromatic heterocycles. The Labute approximate surface area is 170 Å². The number of aliphatic carboxylic acids is 1. The van der Waals surface area contributed by atoms with Gasteiger partial charge in [-0.2, -0.15) is 0 Å². The van der Waals surface area contributed by atoms with Crippen molar-refractivity contribution in [2.75, 3.05) is 13.7 Å². The first-order valence-corrected chi connectivity index (χ1v) is 9.85. The van der Waals surface area contributed by atoms with E-state index in [0.717, 1.165) is 42.6 Å². The second-order valence-corrected chi connectivity index (χ2v) is 7.47. The van der Waals surface area contributed by atoms with Crippen LogP contribution in [0.4, 0.5) is 0 Å². The summed E-state index contributed by atoms with van der Waals surface area (Å²) in [6.45, 7) is 1.56. The van der Waals surface area contributed by atoms with Crippen molar-refractivity contribution < 1.29 is 24.2 Å². The fourth-order valence-corrected chi connectivity index (χ4v) is 3.96. The molecule has 1 amide bonds. The zero-order valence-electron chi connectivity index (χ0n) is 16.8. The van der Waals surface area contributed by atoms with Crippen LogP contribution in [0.2, 0.25) is 0 Å². The zero-order chi connectivity index (χ0) is 20.9. The Hall–Kier alpha value is -3.02. The third-order valence-corrected chi connectivity index (χ3v) is 5.60. The molecule has 3 rings (SSSR count). The molecule has 0 radical (unpaired) electrons. The lowest BCUT2D eigenvalue weighted by Gasteiger charge is -2.30. The summed E-state index contributed by atoms with van der Waals surface area (Å²) in [6.07, 6.45) is 3.69. The minimum Gasteiger partial charge on any atom is -0.497 e. The summed E-state index contributed by atoms with van der Waals surface area (Å²) in [6, 6.07) is 14.7. The highest BCUT2D eigenvalue weighted by molar-refractivity contribution is 5.89. The number of methoxy groups -OCH3 is 1. The quantitative estimate of drug-likeness (QED) is 0.707. The van der Waals surface area contributed by atoms with Crippen molar-refractivity contribution in [1.82, 2.24) is 5.32 Å². The van der Waals surface area contributed by atoms with Crippen LogP contribution in [0, 0.1) is 0 Å². The number of nitrogens with one attached hydrogen (secondary N) is 1. The Morgan fingerprint density at radius 2 is 1.79 bits per heavy atom. The molecule has 1 fully saturated rings. The predicted molar refractivity (Wildman–Crippen MR) is 109 cm³/mol. The standard InChI is InChI=1S/C23H27NO5/c1-16(17-8-10-19(11-9-17)29-15-21(25)26)24-22(27)23(12-3-4-13-23)18-6-5-7-20(14-18)28-2/h5-11,14,16H,3-4,12-13,15H2,1-2H3,(H,24,27)(H,25,26). The first-order valence-electron chi connectivity index (χ1n) is 9.85. The SMILES string of the molecule is COc1cccc(C2(C(=O)NC(C)c3ccc(OCC(=O)O)cc3)CCCC2)c1. The topological polar surface area (TPSA) is 84.9 Å². The number of ether oxygens (including phenoxy) is 2. The molecular weight excluding hydrogens is 370 g/mol. The van der Waals surface area contributed by atoms with Gasteiger partial charge in [0.1, 0.15) is 11.5 Å². The molecule has 29 heavy (non-hydrogen) atoms. The molecule has 1 aliphatic rings. The number of amides is 1. The van der Waals surface area contributed by atoms with Crippen molar-refractivity contribution in [2.24, 2.45) is 0 Å². The van der Waals surface area contributed by atoms with Crippen LogP contribution >= 0.6 is 0 Å². The Balaban J connectivity index is 1.73. The van der Waals surface area contributed by atoms with Gasteiger partial charge in [0.05, 0.1) is 18.6 Å². The second-order valence-electron chi connectivity index (χ2n) is 7.47. The number of benzene rings is 2. The molecule has 2 aromatic rings. The van der Waals surface area contributed by atoms with Crippen molar-refractivity contribution in [3.05, 3.63) is 59.7 Å². The van der Waals surface area contributed by atoms with Crippen LogP contribution in [0.25, 0.3) is 0 Å². The summed E-state index contributed by atoms with van der Waals surface area (Å²) in [5.41, 5.74) is 1.39. The summed E-state index contributed by atoms with van der Waals surface area (Å²) in [5.74, 6) is 0.251. The predicted octanol–water partition coefficient (Wildman–Crippen LogP) is 3.85. The normalized spacial score (nSPS) is 16.1. The number of hydrogen-bond acceptors (Lipinski definition) is 4. The van der Waals surface area contributed by atoms with Gasteiger partial charge in [-0.25, -0.2) is 4.79 Å². The van der Waals surface area contributed by atoms with Gasteiger partial charge in [0, 0.05) is 0 Å². The van der Waals surface area contributed by atoms with Gasteiger partial charge in [0.15, 0.2) is 6.61 Å². The van der Waals surface area contributed by atoms with Gasteiger partial charge in [-0.1, -0.05) is 37.1 Å². The van der Waals surface area contributed by atoms with Crippen LogP contribution in [0.15, 0.2) is 48.5 Å². The average molecular weight is 397 g/mol. The molecule has 0 saturated heterocycles. The van der Waals surface area contributed by atoms with E-state index >= 15 is 0 Å². The maximum absolute atomic E-state index is 13.4. The molecule has 2 aromatic carbocycles. The summed E-state index contributed by atoms with van der Waals surface area (Å²) in [5, 5.41) is 11.9. The van der Waals surface area contributed by atoms with Crippen LogP contribution in [0.3, 0.4) is 0 Å². The molecule has 0 spiro atoms. The summed E-state index contributed by atoms with van der Waals surface area (Å²) in [7, 11) is 1.63. The first-order chi connectivity index (χ1) is 13.9. The van der Waals surface area contributed by atoms with E-state index < -0.39 is 11.4 Å². The molecule has 0 bridgehead atoms. The summed E-state index contributed by atoms with van der Waals surface area (Å²) >= 11 is 0. The Bertz CT molecular complexity index is 856. The highest BCUT2D eigenvalue weighted by Gasteiger charge is 2.43. The van der Waals surface area contributed by atoms with Gasteiger partial charge in [-0.15, -0.1) is 0 Å². The van der Waals surface area contributed by atoms with E-state index in [1.54, 1.807) is 19.2 Å². The lowest BCUT2D eigenvalue weighted by molar-refractivity contribution is -0.139. The maximum atomic E-state index is 13.4. The molecule has 0 aliphatic heterocycles. The lowest BCUT2D eigenvalue weighted by Crippen LogP contribution is -2.43.